The molecule has 2 N–H and O–H groups in total. The van der Waals surface area contributed by atoms with E-state index in [0.717, 1.165) is 11.0 Å². The lowest BCUT2D eigenvalue weighted by atomic mass is 10.3. The van der Waals surface area contributed by atoms with Gasteiger partial charge in [0.25, 0.3) is 0 Å². The quantitative estimate of drug-likeness (QED) is 0.732. The molecule has 1 atom stereocenters. The van der Waals surface area contributed by atoms with Crippen LogP contribution in [-0.2, 0) is 4.74 Å². The Morgan fingerprint density at radius 3 is 2.87 bits per heavy atom. The number of aromatic nitrogens is 2. The predicted octanol–water partition coefficient (Wildman–Crippen LogP) is 4.67. The van der Waals surface area contributed by atoms with E-state index in [-0.39, 0.29) is 5.02 Å². The molecule has 1 heterocycles. The number of H-pyrrole nitrogens is 1. The van der Waals surface area contributed by atoms with Gasteiger partial charge in [0.15, 0.2) is 6.10 Å². The van der Waals surface area contributed by atoms with Gasteiger partial charge < -0.3 is 9.72 Å². The molecule has 5 nitrogen and oxygen atoms in total. The molecule has 118 valence electrons. The van der Waals surface area contributed by atoms with Gasteiger partial charge >= 0.3 is 6.09 Å². The van der Waals surface area contributed by atoms with Crippen LogP contribution >= 0.6 is 11.6 Å². The zero-order chi connectivity index (χ0) is 16.4. The van der Waals surface area contributed by atoms with Gasteiger partial charge in [0.05, 0.1) is 16.1 Å². The van der Waals surface area contributed by atoms with Gasteiger partial charge in [-0.25, -0.2) is 14.2 Å². The summed E-state index contributed by atoms with van der Waals surface area (Å²) < 4.78 is 18.3. The van der Waals surface area contributed by atoms with Crippen molar-refractivity contribution in [1.82, 2.24) is 9.97 Å². The van der Waals surface area contributed by atoms with Crippen molar-refractivity contribution in [3.05, 3.63) is 59.1 Å². The van der Waals surface area contributed by atoms with Crippen LogP contribution in [0.2, 0.25) is 5.02 Å². The van der Waals surface area contributed by atoms with Crippen molar-refractivity contribution in [2.45, 2.75) is 13.0 Å². The minimum atomic E-state index is -0.680. The molecule has 0 saturated carbocycles. The van der Waals surface area contributed by atoms with Gasteiger partial charge in [-0.15, -0.1) is 0 Å². The predicted molar refractivity (Wildman–Crippen MR) is 86.0 cm³/mol. The lowest BCUT2D eigenvalue weighted by Crippen LogP contribution is -2.16. The number of anilines is 1. The first-order chi connectivity index (χ1) is 11.0. The zero-order valence-electron chi connectivity index (χ0n) is 12.1. The summed E-state index contributed by atoms with van der Waals surface area (Å²) in [5.74, 6) is -0.0142. The van der Waals surface area contributed by atoms with Crippen molar-refractivity contribution in [3.63, 3.8) is 0 Å². The van der Waals surface area contributed by atoms with E-state index in [0.29, 0.717) is 11.5 Å². The largest absolute Gasteiger partial charge is 0.438 e. The Morgan fingerprint density at radius 2 is 2.13 bits per heavy atom. The number of nitrogens with zero attached hydrogens (tertiary/aromatic N) is 1. The lowest BCUT2D eigenvalue weighted by Gasteiger charge is -2.12. The molecular weight excluding hydrogens is 321 g/mol. The molecule has 3 rings (SSSR count). The van der Waals surface area contributed by atoms with Gasteiger partial charge in [-0.2, -0.15) is 0 Å². The van der Waals surface area contributed by atoms with Gasteiger partial charge in [0, 0.05) is 5.69 Å². The number of ether oxygens (including phenoxy) is 1. The minimum absolute atomic E-state index is 0.0758. The maximum atomic E-state index is 13.1. The number of carbonyl (C=O) groups is 1. The molecule has 0 spiro atoms. The van der Waals surface area contributed by atoms with E-state index in [4.69, 9.17) is 16.3 Å². The van der Waals surface area contributed by atoms with Crippen LogP contribution in [0.1, 0.15) is 18.9 Å². The van der Waals surface area contributed by atoms with Crippen molar-refractivity contribution in [1.29, 1.82) is 0 Å². The molecule has 0 aliphatic heterocycles. The molecule has 2 aromatic carbocycles. The highest BCUT2D eigenvalue weighted by Crippen LogP contribution is 2.21. The van der Waals surface area contributed by atoms with Crippen LogP contribution in [0.25, 0.3) is 11.0 Å². The normalized spacial score (nSPS) is 12.1. The number of para-hydroxylation sites is 2. The number of fused-ring (bicyclic) bond motifs is 1. The van der Waals surface area contributed by atoms with E-state index in [9.17, 15) is 9.18 Å². The Balaban J connectivity index is 1.67. The van der Waals surface area contributed by atoms with Crippen LogP contribution in [0, 0.1) is 5.82 Å². The highest BCUT2D eigenvalue weighted by Gasteiger charge is 2.16. The highest BCUT2D eigenvalue weighted by atomic mass is 35.5. The first-order valence-corrected chi connectivity index (χ1v) is 7.28. The molecule has 3 aromatic rings. The summed E-state index contributed by atoms with van der Waals surface area (Å²) in [6, 6.07) is 11.4. The Labute approximate surface area is 136 Å². The van der Waals surface area contributed by atoms with Crippen LogP contribution in [0.5, 0.6) is 0 Å². The van der Waals surface area contributed by atoms with Crippen molar-refractivity contribution < 1.29 is 13.9 Å². The van der Waals surface area contributed by atoms with E-state index in [2.05, 4.69) is 15.3 Å². The first-order valence-electron chi connectivity index (χ1n) is 6.90. The first kappa shape index (κ1) is 15.3. The molecule has 1 amide bonds. The number of imidazole rings is 1. The summed E-state index contributed by atoms with van der Waals surface area (Å²) in [6.45, 7) is 1.70. The van der Waals surface area contributed by atoms with Crippen LogP contribution in [-0.4, -0.2) is 16.1 Å². The smallest absolute Gasteiger partial charge is 0.412 e. The van der Waals surface area contributed by atoms with Gasteiger partial charge in [-0.3, -0.25) is 5.32 Å². The van der Waals surface area contributed by atoms with Crippen molar-refractivity contribution in [2.24, 2.45) is 0 Å². The van der Waals surface area contributed by atoms with Gasteiger partial charge in [-0.05, 0) is 37.3 Å². The van der Waals surface area contributed by atoms with Gasteiger partial charge in [-0.1, -0.05) is 23.7 Å². The third kappa shape index (κ3) is 3.43. The van der Waals surface area contributed by atoms with Gasteiger partial charge in [0.2, 0.25) is 0 Å². The second-order valence-electron chi connectivity index (χ2n) is 4.94. The molecule has 0 saturated heterocycles. The van der Waals surface area contributed by atoms with E-state index in [1.54, 1.807) is 6.92 Å². The minimum Gasteiger partial charge on any atom is -0.438 e. The summed E-state index contributed by atoms with van der Waals surface area (Å²) in [5, 5.41) is 2.41. The third-order valence-electron chi connectivity index (χ3n) is 3.24. The molecule has 1 unspecified atom stereocenters. The summed E-state index contributed by atoms with van der Waals surface area (Å²) in [7, 11) is 0. The molecular formula is C16H13ClFN3O2. The van der Waals surface area contributed by atoms with Crippen LogP contribution in [0.4, 0.5) is 14.9 Å². The summed E-state index contributed by atoms with van der Waals surface area (Å²) in [4.78, 5) is 19.4. The fourth-order valence-electron chi connectivity index (χ4n) is 2.10. The Bertz CT molecular complexity index is 832. The van der Waals surface area contributed by atoms with E-state index in [1.165, 1.54) is 18.2 Å². The average Bonchev–Trinajstić information content (AvgIpc) is 2.95. The number of amides is 1. The molecule has 1 aromatic heterocycles. The number of hydrogen-bond donors (Lipinski definition) is 2. The number of benzene rings is 2. The van der Waals surface area contributed by atoms with Crippen molar-refractivity contribution in [3.8, 4) is 0 Å². The van der Waals surface area contributed by atoms with E-state index in [1.807, 2.05) is 24.3 Å². The molecule has 23 heavy (non-hydrogen) atoms. The maximum absolute atomic E-state index is 13.1. The van der Waals surface area contributed by atoms with E-state index >= 15 is 0 Å². The van der Waals surface area contributed by atoms with Crippen molar-refractivity contribution >= 4 is 34.4 Å². The Morgan fingerprint density at radius 1 is 1.35 bits per heavy atom. The van der Waals surface area contributed by atoms with Crippen LogP contribution < -0.4 is 5.32 Å². The summed E-state index contributed by atoms with van der Waals surface area (Å²) >= 11 is 5.66. The average molecular weight is 334 g/mol. The monoisotopic (exact) mass is 333 g/mol. The number of carbonyl (C=O) groups excluding carboxylic acids is 1. The SMILES string of the molecule is CC(OC(=O)Nc1ccc(F)c(Cl)c1)c1nc2ccccc2[nH]1. The van der Waals surface area contributed by atoms with Gasteiger partial charge in [0.1, 0.15) is 11.6 Å². The number of nitrogens with one attached hydrogen (secondary N) is 2. The molecule has 0 aliphatic carbocycles. The molecule has 0 bridgehead atoms. The molecule has 0 radical (unpaired) electrons. The third-order valence-corrected chi connectivity index (χ3v) is 3.53. The molecule has 0 fully saturated rings. The standard InChI is InChI=1S/C16H13ClFN3O2/c1-9(15-20-13-4-2-3-5-14(13)21-15)23-16(22)19-10-6-7-12(18)11(17)8-10/h2-9H,1H3,(H,19,22)(H,20,21). The zero-order valence-corrected chi connectivity index (χ0v) is 12.9. The second kappa shape index (κ2) is 6.26. The second-order valence-corrected chi connectivity index (χ2v) is 5.35. The Hall–Kier alpha value is -2.60. The number of hydrogen-bond acceptors (Lipinski definition) is 3. The molecule has 0 aliphatic rings. The van der Waals surface area contributed by atoms with Crippen molar-refractivity contribution in [2.75, 3.05) is 5.32 Å². The maximum Gasteiger partial charge on any atom is 0.412 e. The number of halogens is 2. The highest BCUT2D eigenvalue weighted by molar-refractivity contribution is 6.31. The fourth-order valence-corrected chi connectivity index (χ4v) is 2.28. The lowest BCUT2D eigenvalue weighted by molar-refractivity contribution is 0.117. The number of rotatable bonds is 3. The number of aromatic amines is 1. The van der Waals surface area contributed by atoms with E-state index < -0.39 is 18.0 Å². The van der Waals surface area contributed by atoms with Crippen LogP contribution in [0.3, 0.4) is 0 Å². The summed E-state index contributed by atoms with van der Waals surface area (Å²) in [5.41, 5.74) is 2.01. The Kier molecular flexibility index (Phi) is 4.16. The topological polar surface area (TPSA) is 67.0 Å². The van der Waals surface area contributed by atoms with Crippen LogP contribution in [0.15, 0.2) is 42.5 Å². The fraction of sp³-hybridized carbons (Fsp3) is 0.125. The summed E-state index contributed by atoms with van der Waals surface area (Å²) in [6.07, 6.45) is -1.25. The molecule has 7 heteroatoms.